The van der Waals surface area contributed by atoms with Crippen molar-refractivity contribution < 1.29 is 62.3 Å². The molecular weight excluding hydrogens is 731 g/mol. The number of primary amides is 1. The number of likely N-dealkylation sites (tertiary alicyclic amines) is 1. The molecule has 1 unspecified atom stereocenters. The lowest BCUT2D eigenvalue weighted by Crippen LogP contribution is -2.56. The van der Waals surface area contributed by atoms with Gasteiger partial charge < -0.3 is 15.4 Å². The second-order valence-corrected chi connectivity index (χ2v) is 14.3. The summed E-state index contributed by atoms with van der Waals surface area (Å²) < 4.78 is 160. The maximum Gasteiger partial charge on any atom is 0.430 e. The highest BCUT2D eigenvalue weighted by Gasteiger charge is 2.73. The van der Waals surface area contributed by atoms with E-state index in [2.05, 4.69) is 4.74 Å². The Morgan fingerprint density at radius 1 is 0.788 bits per heavy atom. The molecule has 1 aliphatic heterocycles. The molecule has 1 fully saturated rings. The van der Waals surface area contributed by atoms with Crippen molar-refractivity contribution in [3.8, 4) is 0 Å². The van der Waals surface area contributed by atoms with Gasteiger partial charge in [-0.2, -0.15) is 26.3 Å². The summed E-state index contributed by atoms with van der Waals surface area (Å²) in [5.74, 6) is -5.02. The third kappa shape index (κ3) is 6.86. The molecule has 4 aromatic rings. The Morgan fingerprint density at radius 3 is 1.87 bits per heavy atom. The van der Waals surface area contributed by atoms with Gasteiger partial charge in [-0.05, 0) is 66.1 Å². The van der Waals surface area contributed by atoms with Crippen molar-refractivity contribution >= 4 is 21.7 Å². The number of alkyl halides is 6. The summed E-state index contributed by atoms with van der Waals surface area (Å²) in [5.41, 5.74) is -2.38. The van der Waals surface area contributed by atoms with Crippen molar-refractivity contribution in [2.45, 2.75) is 47.0 Å². The topological polar surface area (TPSA) is 107 Å². The molecule has 0 bridgehead atoms. The molecule has 0 aromatic heterocycles. The molecule has 52 heavy (non-hydrogen) atoms. The standard InChI is InChI=1S/C35H27F9N2O5S/c36-25-12-14-26(15-13-25)52(49,50)32(16-17-46(20-32)30(47)18-21-4-6-22(7-5-21)31(45)48)23-8-10-24(11-9-23)33(34(39,40)41,35(42,43)44)51-19-27-28(37)2-1-3-29(27)38/h1-15H,16-20H2,(H2,45,48). The lowest BCUT2D eigenvalue weighted by atomic mass is 9.88. The lowest BCUT2D eigenvalue weighted by Gasteiger charge is -2.38. The van der Waals surface area contributed by atoms with Gasteiger partial charge in [0.1, 0.15) is 22.2 Å². The van der Waals surface area contributed by atoms with E-state index < -0.39 is 91.0 Å². The van der Waals surface area contributed by atoms with Gasteiger partial charge in [-0.3, -0.25) is 9.59 Å². The third-order valence-electron chi connectivity index (χ3n) is 8.93. The van der Waals surface area contributed by atoms with Crippen LogP contribution in [0.25, 0.3) is 0 Å². The molecule has 1 aliphatic rings. The fraction of sp³-hybridized carbons (Fsp3) is 0.257. The van der Waals surface area contributed by atoms with Gasteiger partial charge in [0.25, 0.3) is 5.60 Å². The molecule has 2 amide bonds. The molecular formula is C35H27F9N2O5S. The minimum absolute atomic E-state index is 0.162. The van der Waals surface area contributed by atoms with E-state index in [1.54, 1.807) is 0 Å². The van der Waals surface area contributed by atoms with E-state index in [1.807, 2.05) is 0 Å². The Morgan fingerprint density at radius 2 is 1.35 bits per heavy atom. The van der Waals surface area contributed by atoms with Gasteiger partial charge in [0, 0.05) is 29.8 Å². The molecule has 0 saturated carbocycles. The molecule has 5 rings (SSSR count). The first kappa shape index (κ1) is 38.3. The summed E-state index contributed by atoms with van der Waals surface area (Å²) in [7, 11) is -4.66. The van der Waals surface area contributed by atoms with Crippen molar-refractivity contribution in [3.63, 3.8) is 0 Å². The third-order valence-corrected chi connectivity index (χ3v) is 11.4. The van der Waals surface area contributed by atoms with Crippen LogP contribution in [0.2, 0.25) is 0 Å². The van der Waals surface area contributed by atoms with Crippen LogP contribution in [0.1, 0.15) is 39.0 Å². The number of amides is 2. The van der Waals surface area contributed by atoms with Gasteiger partial charge in [0.2, 0.25) is 11.8 Å². The van der Waals surface area contributed by atoms with E-state index in [9.17, 15) is 57.5 Å². The smallest absolute Gasteiger partial charge is 0.366 e. The minimum Gasteiger partial charge on any atom is -0.366 e. The SMILES string of the molecule is NC(=O)c1ccc(CC(=O)N2CCC(c3ccc(C(OCc4c(F)cccc4F)(C(F)(F)F)C(F)(F)F)cc3)(S(=O)(=O)c3ccc(F)cc3)C2)cc1. The number of nitrogens with two attached hydrogens (primary N) is 1. The molecule has 17 heteroatoms. The van der Waals surface area contributed by atoms with E-state index in [4.69, 9.17) is 5.73 Å². The van der Waals surface area contributed by atoms with E-state index >= 15 is 0 Å². The second-order valence-electron chi connectivity index (χ2n) is 12.0. The van der Waals surface area contributed by atoms with E-state index in [-0.39, 0.29) is 30.5 Å². The highest BCUT2D eigenvalue weighted by Crippen LogP contribution is 2.54. The number of rotatable bonds is 10. The Kier molecular flexibility index (Phi) is 10.3. The molecule has 0 radical (unpaired) electrons. The van der Waals surface area contributed by atoms with Crippen LogP contribution in [0.4, 0.5) is 39.5 Å². The molecule has 7 nitrogen and oxygen atoms in total. The molecule has 1 saturated heterocycles. The van der Waals surface area contributed by atoms with Crippen molar-refractivity contribution in [3.05, 3.63) is 136 Å². The minimum atomic E-state index is -6.25. The Balaban J connectivity index is 1.57. The highest BCUT2D eigenvalue weighted by atomic mass is 32.2. The molecule has 0 spiro atoms. The van der Waals surface area contributed by atoms with Crippen LogP contribution in [0, 0.1) is 17.5 Å². The molecule has 1 heterocycles. The molecule has 1 atom stereocenters. The fourth-order valence-corrected chi connectivity index (χ4v) is 8.19. The average molecular weight is 759 g/mol. The lowest BCUT2D eigenvalue weighted by molar-refractivity contribution is -0.392. The van der Waals surface area contributed by atoms with Gasteiger partial charge in [-0.15, -0.1) is 0 Å². The van der Waals surface area contributed by atoms with Crippen molar-refractivity contribution in [1.29, 1.82) is 0 Å². The molecule has 4 aromatic carbocycles. The monoisotopic (exact) mass is 758 g/mol. The summed E-state index contributed by atoms with van der Waals surface area (Å²) in [5, 5.41) is 0. The predicted molar refractivity (Wildman–Crippen MR) is 167 cm³/mol. The number of benzene rings is 4. The number of ether oxygens (including phenoxy) is 1. The predicted octanol–water partition coefficient (Wildman–Crippen LogP) is 6.88. The van der Waals surface area contributed by atoms with Crippen molar-refractivity contribution in [2.24, 2.45) is 5.73 Å². The number of sulfone groups is 1. The van der Waals surface area contributed by atoms with E-state index in [0.29, 0.717) is 42.0 Å². The second kappa shape index (κ2) is 13.9. The molecule has 0 aliphatic carbocycles. The van der Waals surface area contributed by atoms with Gasteiger partial charge in [0.05, 0.1) is 17.9 Å². The van der Waals surface area contributed by atoms with E-state index in [1.165, 1.54) is 24.3 Å². The van der Waals surface area contributed by atoms with E-state index in [0.717, 1.165) is 35.2 Å². The van der Waals surface area contributed by atoms with Crippen LogP contribution in [-0.4, -0.2) is 50.6 Å². The van der Waals surface area contributed by atoms with Crippen LogP contribution < -0.4 is 5.73 Å². The summed E-state index contributed by atoms with van der Waals surface area (Å²) >= 11 is 0. The first-order valence-electron chi connectivity index (χ1n) is 15.2. The van der Waals surface area contributed by atoms with Gasteiger partial charge in [0.15, 0.2) is 9.84 Å². The Labute approximate surface area is 290 Å². The Bertz CT molecular complexity index is 2040. The molecule has 276 valence electrons. The quantitative estimate of drug-likeness (QED) is 0.140. The first-order valence-corrected chi connectivity index (χ1v) is 16.7. The first-order chi connectivity index (χ1) is 24.2. The average Bonchev–Trinajstić information content (AvgIpc) is 3.53. The highest BCUT2D eigenvalue weighted by molar-refractivity contribution is 7.92. The van der Waals surface area contributed by atoms with Gasteiger partial charge >= 0.3 is 12.4 Å². The zero-order valence-electron chi connectivity index (χ0n) is 26.6. The number of carbonyl (C=O) groups is 2. The number of hydrogen-bond acceptors (Lipinski definition) is 5. The number of hydrogen-bond donors (Lipinski definition) is 1. The summed E-state index contributed by atoms with van der Waals surface area (Å²) in [6, 6.07) is 13.4. The summed E-state index contributed by atoms with van der Waals surface area (Å²) in [6.45, 7) is -2.60. The van der Waals surface area contributed by atoms with Crippen LogP contribution in [0.3, 0.4) is 0 Å². The number of halogens is 9. The fourth-order valence-electron chi connectivity index (χ4n) is 6.11. The van der Waals surface area contributed by atoms with Crippen molar-refractivity contribution in [2.75, 3.05) is 13.1 Å². The number of carbonyl (C=O) groups excluding carboxylic acids is 2. The van der Waals surface area contributed by atoms with Crippen LogP contribution in [-0.2, 0) is 42.7 Å². The number of nitrogens with zero attached hydrogens (tertiary/aromatic N) is 1. The van der Waals surface area contributed by atoms with Gasteiger partial charge in [-0.25, -0.2) is 21.6 Å². The zero-order valence-corrected chi connectivity index (χ0v) is 27.4. The summed E-state index contributed by atoms with van der Waals surface area (Å²) in [6.07, 6.45) is -13.1. The largest absolute Gasteiger partial charge is 0.430 e. The van der Waals surface area contributed by atoms with Crippen LogP contribution in [0.5, 0.6) is 0 Å². The van der Waals surface area contributed by atoms with Crippen LogP contribution >= 0.6 is 0 Å². The van der Waals surface area contributed by atoms with Crippen LogP contribution in [0.15, 0.2) is 95.9 Å². The Hall–Kier alpha value is -4.90. The summed E-state index contributed by atoms with van der Waals surface area (Å²) in [4.78, 5) is 25.5. The van der Waals surface area contributed by atoms with Gasteiger partial charge in [-0.1, -0.05) is 42.5 Å². The van der Waals surface area contributed by atoms with Crippen molar-refractivity contribution in [1.82, 2.24) is 4.90 Å². The normalized spacial score (nSPS) is 17.0. The zero-order chi connectivity index (χ0) is 38.3. The molecule has 2 N–H and O–H groups in total. The maximum atomic E-state index is 14.5. The maximum absolute atomic E-state index is 14.5.